The van der Waals surface area contributed by atoms with E-state index in [1.807, 2.05) is 0 Å². The summed E-state index contributed by atoms with van der Waals surface area (Å²) in [6.45, 7) is 9.39. The Morgan fingerprint density at radius 3 is 2.67 bits per heavy atom. The van der Waals surface area contributed by atoms with Crippen LogP contribution in [0, 0.1) is 5.92 Å². The minimum atomic E-state index is 0.717. The Bertz CT molecular complexity index is 160. The van der Waals surface area contributed by atoms with Gasteiger partial charge in [0, 0.05) is 18.6 Å². The van der Waals surface area contributed by atoms with Crippen LogP contribution in [0.5, 0.6) is 0 Å². The van der Waals surface area contributed by atoms with Gasteiger partial charge in [-0.05, 0) is 45.7 Å². The molecule has 1 N–H and O–H groups in total. The van der Waals surface area contributed by atoms with Crippen molar-refractivity contribution in [1.29, 1.82) is 0 Å². The van der Waals surface area contributed by atoms with Gasteiger partial charge in [-0.1, -0.05) is 20.3 Å². The SMILES string of the molecule is CC(C)CC(C)N(C)C1CCCCNC1. The number of rotatable bonds is 4. The molecule has 1 aliphatic heterocycles. The lowest BCUT2D eigenvalue weighted by Crippen LogP contribution is -2.44. The molecule has 0 spiro atoms. The molecule has 1 saturated heterocycles. The third-order valence-corrected chi connectivity index (χ3v) is 3.60. The Hall–Kier alpha value is -0.0800. The van der Waals surface area contributed by atoms with Crippen molar-refractivity contribution in [3.63, 3.8) is 0 Å². The summed E-state index contributed by atoms with van der Waals surface area (Å²) < 4.78 is 0. The van der Waals surface area contributed by atoms with Crippen LogP contribution in [0.25, 0.3) is 0 Å². The highest BCUT2D eigenvalue weighted by molar-refractivity contribution is 4.78. The molecule has 1 fully saturated rings. The smallest absolute Gasteiger partial charge is 0.0220 e. The third-order valence-electron chi connectivity index (χ3n) is 3.60. The molecular weight excluding hydrogens is 184 g/mol. The average molecular weight is 212 g/mol. The third kappa shape index (κ3) is 4.52. The Labute approximate surface area is 95.4 Å². The summed E-state index contributed by atoms with van der Waals surface area (Å²) in [6, 6.07) is 1.47. The van der Waals surface area contributed by atoms with E-state index in [4.69, 9.17) is 0 Å². The summed E-state index contributed by atoms with van der Waals surface area (Å²) in [5.41, 5.74) is 0. The molecule has 0 radical (unpaired) electrons. The Balaban J connectivity index is 2.38. The normalized spacial score (nSPS) is 25.6. The van der Waals surface area contributed by atoms with E-state index in [0.717, 1.165) is 18.0 Å². The molecule has 90 valence electrons. The van der Waals surface area contributed by atoms with Gasteiger partial charge in [-0.3, -0.25) is 4.90 Å². The summed E-state index contributed by atoms with van der Waals surface area (Å²) >= 11 is 0. The highest BCUT2D eigenvalue weighted by Crippen LogP contribution is 2.16. The quantitative estimate of drug-likeness (QED) is 0.770. The summed E-state index contributed by atoms with van der Waals surface area (Å²) in [6.07, 6.45) is 5.41. The van der Waals surface area contributed by atoms with Gasteiger partial charge in [0.05, 0.1) is 0 Å². The Morgan fingerprint density at radius 1 is 1.27 bits per heavy atom. The number of hydrogen-bond acceptors (Lipinski definition) is 2. The van der Waals surface area contributed by atoms with Gasteiger partial charge in [0.15, 0.2) is 0 Å². The molecule has 2 heteroatoms. The predicted molar refractivity (Wildman–Crippen MR) is 67.2 cm³/mol. The fourth-order valence-corrected chi connectivity index (χ4v) is 2.56. The van der Waals surface area contributed by atoms with Crippen LogP contribution < -0.4 is 5.32 Å². The molecule has 1 aliphatic rings. The van der Waals surface area contributed by atoms with Crippen molar-refractivity contribution in [3.05, 3.63) is 0 Å². The predicted octanol–water partition coefficient (Wildman–Crippen LogP) is 2.49. The van der Waals surface area contributed by atoms with Crippen molar-refractivity contribution in [2.24, 2.45) is 5.92 Å². The second-order valence-electron chi connectivity index (χ2n) is 5.50. The van der Waals surface area contributed by atoms with E-state index in [0.29, 0.717) is 0 Å². The second kappa shape index (κ2) is 6.49. The van der Waals surface area contributed by atoms with Crippen molar-refractivity contribution in [2.45, 2.75) is 58.5 Å². The minimum Gasteiger partial charge on any atom is -0.315 e. The molecule has 2 atom stereocenters. The first-order chi connectivity index (χ1) is 7.11. The fraction of sp³-hybridized carbons (Fsp3) is 1.00. The standard InChI is InChI=1S/C13H28N2/c1-11(2)9-12(3)15(4)13-7-5-6-8-14-10-13/h11-14H,5-10H2,1-4H3. The number of nitrogens with zero attached hydrogens (tertiary/aromatic N) is 1. The lowest BCUT2D eigenvalue weighted by Gasteiger charge is -2.33. The van der Waals surface area contributed by atoms with Crippen molar-refractivity contribution < 1.29 is 0 Å². The van der Waals surface area contributed by atoms with Gasteiger partial charge in [-0.15, -0.1) is 0 Å². The Morgan fingerprint density at radius 2 is 2.00 bits per heavy atom. The van der Waals surface area contributed by atoms with Gasteiger partial charge in [-0.25, -0.2) is 0 Å². The molecule has 0 aliphatic carbocycles. The fourth-order valence-electron chi connectivity index (χ4n) is 2.56. The van der Waals surface area contributed by atoms with Crippen LogP contribution in [0.4, 0.5) is 0 Å². The van der Waals surface area contributed by atoms with Crippen LogP contribution >= 0.6 is 0 Å². The zero-order valence-corrected chi connectivity index (χ0v) is 10.9. The van der Waals surface area contributed by atoms with Gasteiger partial charge in [-0.2, -0.15) is 0 Å². The largest absolute Gasteiger partial charge is 0.315 e. The minimum absolute atomic E-state index is 0.717. The van der Waals surface area contributed by atoms with Crippen LogP contribution in [0.2, 0.25) is 0 Å². The first-order valence-electron chi connectivity index (χ1n) is 6.54. The maximum Gasteiger partial charge on any atom is 0.0220 e. The van der Waals surface area contributed by atoms with Crippen LogP contribution in [-0.4, -0.2) is 37.1 Å². The summed E-state index contributed by atoms with van der Waals surface area (Å²) in [7, 11) is 2.30. The van der Waals surface area contributed by atoms with E-state index in [1.54, 1.807) is 0 Å². The highest BCUT2D eigenvalue weighted by atomic mass is 15.2. The molecule has 0 amide bonds. The van der Waals surface area contributed by atoms with E-state index >= 15 is 0 Å². The van der Waals surface area contributed by atoms with Crippen molar-refractivity contribution >= 4 is 0 Å². The van der Waals surface area contributed by atoms with Gasteiger partial charge < -0.3 is 5.32 Å². The first kappa shape index (κ1) is 13.0. The Kier molecular flexibility index (Phi) is 5.62. The van der Waals surface area contributed by atoms with Gasteiger partial charge in [0.1, 0.15) is 0 Å². The summed E-state index contributed by atoms with van der Waals surface area (Å²) in [5, 5.41) is 3.54. The summed E-state index contributed by atoms with van der Waals surface area (Å²) in [4.78, 5) is 2.58. The molecule has 0 bridgehead atoms. The van der Waals surface area contributed by atoms with Crippen LogP contribution in [0.1, 0.15) is 46.5 Å². The lowest BCUT2D eigenvalue weighted by molar-refractivity contribution is 0.158. The number of likely N-dealkylation sites (N-methyl/N-ethyl adjacent to an activating group) is 1. The van der Waals surface area contributed by atoms with E-state index in [9.17, 15) is 0 Å². The second-order valence-corrected chi connectivity index (χ2v) is 5.50. The molecular formula is C13H28N2. The van der Waals surface area contributed by atoms with Crippen molar-refractivity contribution in [1.82, 2.24) is 10.2 Å². The molecule has 2 unspecified atom stereocenters. The lowest BCUT2D eigenvalue weighted by atomic mass is 10.0. The number of hydrogen-bond donors (Lipinski definition) is 1. The van der Waals surface area contributed by atoms with Crippen LogP contribution in [0.15, 0.2) is 0 Å². The molecule has 0 aromatic rings. The molecule has 15 heavy (non-hydrogen) atoms. The van der Waals surface area contributed by atoms with Gasteiger partial charge in [0.2, 0.25) is 0 Å². The van der Waals surface area contributed by atoms with Crippen molar-refractivity contribution in [3.8, 4) is 0 Å². The topological polar surface area (TPSA) is 15.3 Å². The van der Waals surface area contributed by atoms with Crippen molar-refractivity contribution in [2.75, 3.05) is 20.1 Å². The van der Waals surface area contributed by atoms with Gasteiger partial charge >= 0.3 is 0 Å². The van der Waals surface area contributed by atoms with E-state index in [-0.39, 0.29) is 0 Å². The highest BCUT2D eigenvalue weighted by Gasteiger charge is 2.21. The molecule has 1 rings (SSSR count). The molecule has 0 saturated carbocycles. The molecule has 2 nitrogen and oxygen atoms in total. The first-order valence-corrected chi connectivity index (χ1v) is 6.54. The molecule has 0 aromatic carbocycles. The van der Waals surface area contributed by atoms with E-state index in [2.05, 4.69) is 38.0 Å². The van der Waals surface area contributed by atoms with Crippen LogP contribution in [0.3, 0.4) is 0 Å². The van der Waals surface area contributed by atoms with E-state index < -0.39 is 0 Å². The van der Waals surface area contributed by atoms with Gasteiger partial charge in [0.25, 0.3) is 0 Å². The summed E-state index contributed by atoms with van der Waals surface area (Å²) in [5.74, 6) is 0.807. The molecule has 0 aromatic heterocycles. The zero-order valence-electron chi connectivity index (χ0n) is 10.9. The maximum atomic E-state index is 3.54. The molecule has 1 heterocycles. The monoisotopic (exact) mass is 212 g/mol. The van der Waals surface area contributed by atoms with E-state index in [1.165, 1.54) is 38.8 Å². The van der Waals surface area contributed by atoms with Crippen LogP contribution in [-0.2, 0) is 0 Å². The zero-order chi connectivity index (χ0) is 11.3. The number of nitrogens with one attached hydrogen (secondary N) is 1. The maximum absolute atomic E-state index is 3.54. The average Bonchev–Trinajstić information content (AvgIpc) is 2.43.